The molecule has 1 N–H and O–H groups in total. The van der Waals surface area contributed by atoms with Crippen LogP contribution in [0.15, 0.2) is 36.7 Å². The molecule has 2 fully saturated rings. The fraction of sp³-hybridized carbons (Fsp3) is 0.500. The lowest BCUT2D eigenvalue weighted by Gasteiger charge is -2.34. The maximum absolute atomic E-state index is 11.9. The number of ether oxygens (including phenoxy) is 2. The Balaban J connectivity index is 1.52. The Kier molecular flexibility index (Phi) is 4.88. The molecule has 7 heteroatoms. The van der Waals surface area contributed by atoms with Gasteiger partial charge in [-0.15, -0.1) is 0 Å². The second kappa shape index (κ2) is 7.32. The standard InChI is InChI=1S/C20H25N3O4/c1-26-18-4-3-15(9-16(18)11-23-7-2-6-21-23)10-22-12-17-5-8-27-14-20(17,13-22)19(24)25/h2-4,6-7,9,17H,5,8,10-14H2,1H3,(H,24,25)/t17-,20+/m0/s1. The van der Waals surface area contributed by atoms with Crippen molar-refractivity contribution in [2.24, 2.45) is 11.3 Å². The van der Waals surface area contributed by atoms with Crippen molar-refractivity contribution >= 4 is 5.97 Å². The van der Waals surface area contributed by atoms with Gasteiger partial charge >= 0.3 is 5.97 Å². The molecule has 2 aliphatic heterocycles. The Hall–Kier alpha value is -2.38. The van der Waals surface area contributed by atoms with Gasteiger partial charge in [-0.1, -0.05) is 6.07 Å². The van der Waals surface area contributed by atoms with Crippen LogP contribution in [0.3, 0.4) is 0 Å². The number of benzene rings is 1. The second-order valence-corrected chi connectivity index (χ2v) is 7.52. The van der Waals surface area contributed by atoms with E-state index in [4.69, 9.17) is 9.47 Å². The van der Waals surface area contributed by atoms with Gasteiger partial charge in [0.2, 0.25) is 0 Å². The maximum Gasteiger partial charge on any atom is 0.313 e. The molecule has 2 saturated heterocycles. The van der Waals surface area contributed by atoms with Crippen molar-refractivity contribution in [1.29, 1.82) is 0 Å². The molecule has 1 aromatic heterocycles. The Morgan fingerprint density at radius 3 is 3.04 bits per heavy atom. The van der Waals surface area contributed by atoms with E-state index in [9.17, 15) is 9.90 Å². The van der Waals surface area contributed by atoms with Crippen molar-refractivity contribution in [3.8, 4) is 5.75 Å². The van der Waals surface area contributed by atoms with E-state index >= 15 is 0 Å². The van der Waals surface area contributed by atoms with Gasteiger partial charge in [0.15, 0.2) is 0 Å². The van der Waals surface area contributed by atoms with Gasteiger partial charge in [-0.2, -0.15) is 5.10 Å². The Bertz CT molecular complexity index is 808. The van der Waals surface area contributed by atoms with Crippen LogP contribution in [0.2, 0.25) is 0 Å². The highest BCUT2D eigenvalue weighted by Crippen LogP contribution is 2.42. The van der Waals surface area contributed by atoms with E-state index in [1.165, 1.54) is 0 Å². The third kappa shape index (κ3) is 3.44. The molecule has 0 radical (unpaired) electrons. The van der Waals surface area contributed by atoms with E-state index in [0.717, 1.165) is 36.4 Å². The molecule has 0 amide bonds. The summed E-state index contributed by atoms with van der Waals surface area (Å²) in [6.07, 6.45) is 4.50. The first-order valence-corrected chi connectivity index (χ1v) is 9.27. The maximum atomic E-state index is 11.9. The molecule has 0 aliphatic carbocycles. The van der Waals surface area contributed by atoms with E-state index in [1.54, 1.807) is 13.3 Å². The number of nitrogens with zero attached hydrogens (tertiary/aromatic N) is 3. The minimum absolute atomic E-state index is 0.158. The van der Waals surface area contributed by atoms with Crippen LogP contribution in [-0.2, 0) is 22.6 Å². The molecule has 4 rings (SSSR count). The molecule has 0 saturated carbocycles. The van der Waals surface area contributed by atoms with Gasteiger partial charge in [-0.05, 0) is 36.1 Å². The quantitative estimate of drug-likeness (QED) is 0.835. The number of methoxy groups -OCH3 is 1. The van der Waals surface area contributed by atoms with Crippen LogP contribution in [0.4, 0.5) is 0 Å². The van der Waals surface area contributed by atoms with E-state index in [-0.39, 0.29) is 5.92 Å². The van der Waals surface area contributed by atoms with Gasteiger partial charge in [0.25, 0.3) is 0 Å². The average Bonchev–Trinajstić information content (AvgIpc) is 3.29. The Morgan fingerprint density at radius 2 is 2.33 bits per heavy atom. The van der Waals surface area contributed by atoms with E-state index < -0.39 is 11.4 Å². The first-order valence-electron chi connectivity index (χ1n) is 9.27. The molecule has 1 aromatic carbocycles. The number of carboxylic acids is 1. The minimum atomic E-state index is -0.761. The van der Waals surface area contributed by atoms with Gasteiger partial charge in [0.05, 0.1) is 20.3 Å². The number of aliphatic carboxylic acids is 1. The zero-order valence-corrected chi connectivity index (χ0v) is 15.5. The van der Waals surface area contributed by atoms with Gasteiger partial charge in [0, 0.05) is 44.2 Å². The van der Waals surface area contributed by atoms with Crippen LogP contribution in [0.5, 0.6) is 5.75 Å². The third-order valence-electron chi connectivity index (χ3n) is 5.80. The highest BCUT2D eigenvalue weighted by Gasteiger charge is 2.53. The molecule has 0 unspecified atom stereocenters. The third-order valence-corrected chi connectivity index (χ3v) is 5.80. The zero-order chi connectivity index (χ0) is 18.9. The van der Waals surface area contributed by atoms with Crippen molar-refractivity contribution in [2.75, 3.05) is 33.4 Å². The van der Waals surface area contributed by atoms with Crippen molar-refractivity contribution < 1.29 is 19.4 Å². The topological polar surface area (TPSA) is 76.8 Å². The number of fused-ring (bicyclic) bond motifs is 1. The Labute approximate surface area is 158 Å². The highest BCUT2D eigenvalue weighted by atomic mass is 16.5. The predicted octanol–water partition coefficient (Wildman–Crippen LogP) is 1.86. The Morgan fingerprint density at radius 1 is 1.44 bits per heavy atom. The smallest absolute Gasteiger partial charge is 0.313 e. The largest absolute Gasteiger partial charge is 0.496 e. The van der Waals surface area contributed by atoms with Crippen molar-refractivity contribution in [2.45, 2.75) is 19.5 Å². The monoisotopic (exact) mass is 371 g/mol. The highest BCUT2D eigenvalue weighted by molar-refractivity contribution is 5.76. The summed E-state index contributed by atoms with van der Waals surface area (Å²) in [5.41, 5.74) is 1.45. The van der Waals surface area contributed by atoms with Crippen molar-refractivity contribution in [1.82, 2.24) is 14.7 Å². The van der Waals surface area contributed by atoms with Gasteiger partial charge < -0.3 is 14.6 Å². The average molecular weight is 371 g/mol. The second-order valence-electron chi connectivity index (χ2n) is 7.52. The van der Waals surface area contributed by atoms with Gasteiger partial charge in [-0.25, -0.2) is 0 Å². The lowest BCUT2D eigenvalue weighted by Crippen LogP contribution is -2.46. The molecular formula is C20H25N3O4. The molecule has 2 atom stereocenters. The lowest BCUT2D eigenvalue weighted by molar-refractivity contribution is -0.159. The summed E-state index contributed by atoms with van der Waals surface area (Å²) < 4.78 is 12.9. The van der Waals surface area contributed by atoms with Crippen LogP contribution in [0, 0.1) is 11.3 Å². The number of aromatic nitrogens is 2. The number of carbonyl (C=O) groups is 1. The zero-order valence-electron chi connectivity index (χ0n) is 15.5. The van der Waals surface area contributed by atoms with Crippen molar-refractivity contribution in [3.63, 3.8) is 0 Å². The number of likely N-dealkylation sites (tertiary alicyclic amines) is 1. The van der Waals surface area contributed by atoms with Crippen LogP contribution in [-0.4, -0.2) is 59.2 Å². The van der Waals surface area contributed by atoms with Crippen LogP contribution in [0.1, 0.15) is 17.5 Å². The molecule has 27 heavy (non-hydrogen) atoms. The molecule has 0 bridgehead atoms. The molecule has 2 aliphatic rings. The fourth-order valence-corrected chi connectivity index (χ4v) is 4.40. The molecule has 3 heterocycles. The van der Waals surface area contributed by atoms with Gasteiger partial charge in [0.1, 0.15) is 11.2 Å². The summed E-state index contributed by atoms with van der Waals surface area (Å²) in [4.78, 5) is 14.2. The summed E-state index contributed by atoms with van der Waals surface area (Å²) in [6.45, 7) is 3.67. The normalized spacial score (nSPS) is 25.3. The fourth-order valence-electron chi connectivity index (χ4n) is 4.40. The summed E-state index contributed by atoms with van der Waals surface area (Å²) >= 11 is 0. The van der Waals surface area contributed by atoms with Crippen LogP contribution < -0.4 is 4.74 Å². The van der Waals surface area contributed by atoms with Crippen LogP contribution in [0.25, 0.3) is 0 Å². The molecular weight excluding hydrogens is 346 g/mol. The number of carboxylic acid groups (broad SMARTS) is 1. The van der Waals surface area contributed by atoms with Crippen LogP contribution >= 0.6 is 0 Å². The molecule has 144 valence electrons. The predicted molar refractivity (Wildman–Crippen MR) is 98.6 cm³/mol. The first-order chi connectivity index (χ1) is 13.1. The molecule has 0 spiro atoms. The lowest BCUT2D eigenvalue weighted by atomic mass is 9.76. The SMILES string of the molecule is COc1ccc(CN2C[C@@H]3CCOC[C@]3(C(=O)O)C2)cc1Cn1cccn1. The summed E-state index contributed by atoms with van der Waals surface area (Å²) in [5, 5.41) is 14.1. The number of rotatable bonds is 6. The number of hydrogen-bond donors (Lipinski definition) is 1. The number of hydrogen-bond acceptors (Lipinski definition) is 5. The summed E-state index contributed by atoms with van der Waals surface area (Å²) in [6, 6.07) is 8.06. The molecule has 2 aromatic rings. The van der Waals surface area contributed by atoms with E-state index in [1.807, 2.05) is 23.0 Å². The van der Waals surface area contributed by atoms with Gasteiger partial charge in [-0.3, -0.25) is 14.4 Å². The summed E-state index contributed by atoms with van der Waals surface area (Å²) in [5.74, 6) is 0.258. The summed E-state index contributed by atoms with van der Waals surface area (Å²) in [7, 11) is 1.67. The minimum Gasteiger partial charge on any atom is -0.496 e. The first kappa shape index (κ1) is 18.0. The van der Waals surface area contributed by atoms with E-state index in [0.29, 0.717) is 26.3 Å². The van der Waals surface area contributed by atoms with Crippen molar-refractivity contribution in [3.05, 3.63) is 47.8 Å². The molecule has 7 nitrogen and oxygen atoms in total. The van der Waals surface area contributed by atoms with E-state index in [2.05, 4.69) is 22.1 Å².